The summed E-state index contributed by atoms with van der Waals surface area (Å²) in [6, 6.07) is 11.4. The highest BCUT2D eigenvalue weighted by molar-refractivity contribution is 8.00. The van der Waals surface area contributed by atoms with Gasteiger partial charge in [0.1, 0.15) is 22.2 Å². The number of likely N-dealkylation sites (N-methyl/N-ethyl adjacent to an activating group) is 1. The molecule has 2 heterocycles. The molecule has 1 fully saturated rings. The van der Waals surface area contributed by atoms with E-state index in [4.69, 9.17) is 22.0 Å². The van der Waals surface area contributed by atoms with E-state index in [0.29, 0.717) is 40.6 Å². The maximum Gasteiger partial charge on any atom is 0.235 e. The number of carbonyl (C=O) groups is 1. The number of nitriles is 1. The van der Waals surface area contributed by atoms with Crippen LogP contribution in [0.4, 0.5) is 11.5 Å². The van der Waals surface area contributed by atoms with Crippen molar-refractivity contribution in [2.45, 2.75) is 23.6 Å². The van der Waals surface area contributed by atoms with Crippen LogP contribution in [0.5, 0.6) is 0 Å². The number of amides is 1. The highest BCUT2D eigenvalue weighted by Crippen LogP contribution is 2.42. The monoisotopic (exact) mass is 464 g/mol. The van der Waals surface area contributed by atoms with Crippen molar-refractivity contribution in [3.63, 3.8) is 0 Å². The Kier molecular flexibility index (Phi) is 8.67. The van der Waals surface area contributed by atoms with Crippen molar-refractivity contribution >= 4 is 29.2 Å². The predicted molar refractivity (Wildman–Crippen MR) is 129 cm³/mol. The molecule has 33 heavy (non-hydrogen) atoms. The quantitative estimate of drug-likeness (QED) is 0.449. The van der Waals surface area contributed by atoms with Crippen molar-refractivity contribution in [3.8, 4) is 6.07 Å². The van der Waals surface area contributed by atoms with Crippen LogP contribution in [-0.2, 0) is 16.0 Å². The van der Waals surface area contributed by atoms with Gasteiger partial charge < -0.3 is 15.4 Å². The molecule has 172 valence electrons. The second kappa shape index (κ2) is 11.7. The first-order chi connectivity index (χ1) is 16.0. The fourth-order valence-corrected chi connectivity index (χ4v) is 4.83. The average molecular weight is 465 g/mol. The lowest BCUT2D eigenvalue weighted by Gasteiger charge is -2.30. The maximum absolute atomic E-state index is 12.3. The molecule has 1 aromatic carbocycles. The van der Waals surface area contributed by atoms with Crippen LogP contribution in [0, 0.1) is 17.9 Å². The van der Waals surface area contributed by atoms with E-state index in [2.05, 4.69) is 15.8 Å². The summed E-state index contributed by atoms with van der Waals surface area (Å²) in [5.41, 5.74) is 7.83. The number of nitrogens with two attached hydrogens (primary N) is 1. The molecule has 9 heteroatoms. The van der Waals surface area contributed by atoms with Gasteiger partial charge in [0, 0.05) is 33.2 Å². The minimum atomic E-state index is -0.694. The van der Waals surface area contributed by atoms with Gasteiger partial charge >= 0.3 is 0 Å². The van der Waals surface area contributed by atoms with Gasteiger partial charge in [0.2, 0.25) is 11.6 Å². The van der Waals surface area contributed by atoms with E-state index in [0.717, 1.165) is 50.2 Å². The number of carbonyl (C=O) groups excluding carboxylic acids is 1. The summed E-state index contributed by atoms with van der Waals surface area (Å²) < 4.78 is 5.41. The predicted octanol–water partition coefficient (Wildman–Crippen LogP) is 3.15. The fraction of sp³-hybridized carbons (Fsp3) is 0.417. The van der Waals surface area contributed by atoms with Gasteiger partial charge in [0.25, 0.3) is 0 Å². The van der Waals surface area contributed by atoms with E-state index in [1.165, 1.54) is 0 Å². The zero-order valence-corrected chi connectivity index (χ0v) is 19.8. The molecule has 0 saturated carbocycles. The first kappa shape index (κ1) is 24.5. The minimum absolute atomic E-state index is 0.334. The number of benzene rings is 1. The molecule has 1 atom stereocenters. The van der Waals surface area contributed by atoms with Crippen molar-refractivity contribution in [1.82, 2.24) is 9.88 Å². The lowest BCUT2D eigenvalue weighted by atomic mass is 10.1. The molecular formula is C24H28N6O2S. The Bertz CT molecular complexity index is 1060. The number of primary amides is 1. The molecule has 0 bridgehead atoms. The normalized spacial score (nSPS) is 14.8. The van der Waals surface area contributed by atoms with Crippen molar-refractivity contribution in [3.05, 3.63) is 58.4 Å². The summed E-state index contributed by atoms with van der Waals surface area (Å²) in [5.74, 6) is 0.0132. The summed E-state index contributed by atoms with van der Waals surface area (Å²) in [5, 5.41) is 9.65. The first-order valence-corrected chi connectivity index (χ1v) is 11.7. The summed E-state index contributed by atoms with van der Waals surface area (Å²) in [4.78, 5) is 25.0. The molecule has 0 spiro atoms. The smallest absolute Gasteiger partial charge is 0.235 e. The van der Waals surface area contributed by atoms with Crippen LogP contribution in [-0.4, -0.2) is 62.2 Å². The van der Waals surface area contributed by atoms with E-state index in [1.807, 2.05) is 49.2 Å². The van der Waals surface area contributed by atoms with Gasteiger partial charge in [-0.2, -0.15) is 5.26 Å². The molecule has 1 saturated heterocycles. The molecule has 2 aromatic rings. The zero-order chi connectivity index (χ0) is 23.8. The molecule has 1 aromatic heterocycles. The van der Waals surface area contributed by atoms with Crippen LogP contribution < -0.4 is 10.6 Å². The number of ether oxygens (including phenoxy) is 1. The standard InChI is InChI=1S/C24H28N6O2S/c1-4-18-19(16-25)24(33-21(22(26)31)17-8-6-5-7-9-17)28-23(20(18)27-2)29(3)10-11-30-12-14-32-15-13-30/h5-9,21H,4,10-15H2,1,3H3,(H2,26,31). The lowest BCUT2D eigenvalue weighted by Crippen LogP contribution is -2.40. The van der Waals surface area contributed by atoms with Crippen LogP contribution in [0.15, 0.2) is 35.4 Å². The zero-order valence-electron chi connectivity index (χ0n) is 19.0. The Morgan fingerprint density at radius 1 is 1.39 bits per heavy atom. The molecular weight excluding hydrogens is 436 g/mol. The first-order valence-electron chi connectivity index (χ1n) is 10.9. The van der Waals surface area contributed by atoms with Gasteiger partial charge in [-0.25, -0.2) is 9.83 Å². The van der Waals surface area contributed by atoms with Crippen molar-refractivity contribution in [1.29, 1.82) is 5.26 Å². The number of rotatable bonds is 9. The summed E-state index contributed by atoms with van der Waals surface area (Å²) in [6.07, 6.45) is 0.508. The van der Waals surface area contributed by atoms with Gasteiger partial charge in [-0.05, 0) is 17.5 Å². The number of nitrogens with zero attached hydrogens (tertiary/aromatic N) is 5. The van der Waals surface area contributed by atoms with Crippen LogP contribution in [0.25, 0.3) is 4.85 Å². The Morgan fingerprint density at radius 2 is 2.09 bits per heavy atom. The van der Waals surface area contributed by atoms with E-state index in [1.54, 1.807) is 0 Å². The Morgan fingerprint density at radius 3 is 2.67 bits per heavy atom. The van der Waals surface area contributed by atoms with Gasteiger partial charge in [0.05, 0.1) is 25.3 Å². The van der Waals surface area contributed by atoms with Gasteiger partial charge in [-0.15, -0.1) is 0 Å². The Labute approximate surface area is 199 Å². The average Bonchev–Trinajstić information content (AvgIpc) is 2.85. The largest absolute Gasteiger partial charge is 0.379 e. The molecule has 2 N–H and O–H groups in total. The summed E-state index contributed by atoms with van der Waals surface area (Å²) in [6.45, 7) is 14.4. The number of pyridine rings is 1. The topological polar surface area (TPSA) is 99.8 Å². The highest BCUT2D eigenvalue weighted by atomic mass is 32.2. The number of morpholine rings is 1. The molecule has 1 aliphatic rings. The molecule has 3 rings (SSSR count). The highest BCUT2D eigenvalue weighted by Gasteiger charge is 2.27. The number of aromatic nitrogens is 1. The van der Waals surface area contributed by atoms with Crippen molar-refractivity contribution < 1.29 is 9.53 Å². The molecule has 1 aliphatic heterocycles. The molecule has 0 radical (unpaired) electrons. The van der Waals surface area contributed by atoms with Crippen LogP contribution in [0.3, 0.4) is 0 Å². The van der Waals surface area contributed by atoms with Crippen LogP contribution in [0.1, 0.15) is 28.9 Å². The van der Waals surface area contributed by atoms with E-state index in [9.17, 15) is 10.1 Å². The van der Waals surface area contributed by atoms with Crippen LogP contribution in [0.2, 0.25) is 0 Å². The molecule has 1 amide bonds. The van der Waals surface area contributed by atoms with Crippen LogP contribution >= 0.6 is 11.8 Å². The number of thioether (sulfide) groups is 1. The Hall–Kier alpha value is -3.11. The van der Waals surface area contributed by atoms with Crippen molar-refractivity contribution in [2.24, 2.45) is 5.73 Å². The number of hydrogen-bond donors (Lipinski definition) is 1. The van der Waals surface area contributed by atoms with Crippen molar-refractivity contribution in [2.75, 3.05) is 51.3 Å². The fourth-order valence-electron chi connectivity index (χ4n) is 3.77. The van der Waals surface area contributed by atoms with E-state index in [-0.39, 0.29) is 0 Å². The third-order valence-corrected chi connectivity index (χ3v) is 6.86. The van der Waals surface area contributed by atoms with Gasteiger partial charge in [-0.3, -0.25) is 9.69 Å². The van der Waals surface area contributed by atoms with Gasteiger partial charge in [0.15, 0.2) is 0 Å². The Balaban J connectivity index is 1.98. The van der Waals surface area contributed by atoms with E-state index >= 15 is 0 Å². The third-order valence-electron chi connectivity index (χ3n) is 5.61. The lowest BCUT2D eigenvalue weighted by molar-refractivity contribution is -0.117. The summed E-state index contributed by atoms with van der Waals surface area (Å²) >= 11 is 1.16. The van der Waals surface area contributed by atoms with E-state index < -0.39 is 11.2 Å². The second-order valence-electron chi connectivity index (χ2n) is 7.71. The second-order valence-corrected chi connectivity index (χ2v) is 8.80. The molecule has 8 nitrogen and oxygen atoms in total. The number of anilines is 1. The third kappa shape index (κ3) is 5.82. The molecule has 0 aliphatic carbocycles. The summed E-state index contributed by atoms with van der Waals surface area (Å²) in [7, 11) is 1.90. The minimum Gasteiger partial charge on any atom is -0.379 e. The number of hydrogen-bond acceptors (Lipinski definition) is 7. The molecule has 1 unspecified atom stereocenters. The SMILES string of the molecule is [C-]#[N+]c1c(N(C)CCN2CCOCC2)nc(SC(C(N)=O)c2ccccc2)c(C#N)c1CC. The van der Waals surface area contributed by atoms with Gasteiger partial charge in [-0.1, -0.05) is 49.0 Å². The maximum atomic E-state index is 12.3.